The Hall–Kier alpha value is -1.79. The van der Waals surface area contributed by atoms with E-state index in [-0.39, 0.29) is 11.1 Å². The number of hydrogen-bond donors (Lipinski definition) is 0. The number of hydrogen-bond acceptors (Lipinski definition) is 4. The van der Waals surface area contributed by atoms with Crippen LogP contribution in [0.3, 0.4) is 0 Å². The molecule has 0 unspecified atom stereocenters. The smallest absolute Gasteiger partial charge is 0.293 e. The Labute approximate surface area is 148 Å². The van der Waals surface area contributed by atoms with E-state index in [1.165, 1.54) is 7.05 Å². The van der Waals surface area contributed by atoms with Gasteiger partial charge in [-0.3, -0.25) is 14.5 Å². The van der Waals surface area contributed by atoms with Gasteiger partial charge in [0, 0.05) is 7.05 Å². The van der Waals surface area contributed by atoms with Crippen LogP contribution in [0, 0.1) is 0 Å². The maximum atomic E-state index is 12.0. The highest BCUT2D eigenvalue weighted by atomic mass is 79.9. The molecule has 0 bridgehead atoms. The number of halogens is 1. The number of thioether (sulfide) groups is 1. The predicted molar refractivity (Wildman–Crippen MR) is 97.5 cm³/mol. The van der Waals surface area contributed by atoms with Crippen molar-refractivity contribution >= 4 is 44.9 Å². The van der Waals surface area contributed by atoms with Gasteiger partial charge in [-0.2, -0.15) is 0 Å². The van der Waals surface area contributed by atoms with Crippen LogP contribution in [0.25, 0.3) is 6.08 Å². The average Bonchev–Trinajstić information content (AvgIpc) is 2.74. The van der Waals surface area contributed by atoms with E-state index in [4.69, 9.17) is 4.74 Å². The number of carbonyl (C=O) groups excluding carboxylic acids is 2. The maximum Gasteiger partial charge on any atom is 0.293 e. The number of ether oxygens (including phenoxy) is 1. The van der Waals surface area contributed by atoms with Gasteiger partial charge in [-0.1, -0.05) is 18.7 Å². The molecule has 1 aromatic rings. The van der Waals surface area contributed by atoms with Gasteiger partial charge in [0.1, 0.15) is 12.4 Å². The van der Waals surface area contributed by atoms with E-state index in [1.807, 2.05) is 12.1 Å². The Morgan fingerprint density at radius 2 is 2.04 bits per heavy atom. The molecule has 6 heteroatoms. The number of imide groups is 1. The lowest BCUT2D eigenvalue weighted by molar-refractivity contribution is -0.121. The Bertz CT molecular complexity index is 712. The van der Waals surface area contributed by atoms with Crippen LogP contribution < -0.4 is 4.74 Å². The molecular formula is C17H16BrNO3S. The third-order valence-corrected chi connectivity index (χ3v) is 4.69. The summed E-state index contributed by atoms with van der Waals surface area (Å²) >= 11 is 4.43. The minimum absolute atomic E-state index is 0.266. The molecule has 2 amide bonds. The summed E-state index contributed by atoms with van der Waals surface area (Å²) in [6, 6.07) is 3.78. The molecule has 0 aromatic heterocycles. The van der Waals surface area contributed by atoms with Crippen LogP contribution in [0.1, 0.15) is 11.1 Å². The second kappa shape index (κ2) is 7.66. The summed E-state index contributed by atoms with van der Waals surface area (Å²) in [5.74, 6) is 0.443. The lowest BCUT2D eigenvalue weighted by Gasteiger charge is -2.12. The Balaban J connectivity index is 2.40. The fourth-order valence-corrected chi connectivity index (χ4v) is 3.53. The van der Waals surface area contributed by atoms with Crippen LogP contribution in [0.2, 0.25) is 0 Å². The van der Waals surface area contributed by atoms with Crippen LogP contribution in [0.5, 0.6) is 5.75 Å². The van der Waals surface area contributed by atoms with Crippen molar-refractivity contribution in [1.29, 1.82) is 0 Å². The highest BCUT2D eigenvalue weighted by Crippen LogP contribution is 2.35. The topological polar surface area (TPSA) is 46.6 Å². The number of likely N-dealkylation sites (N-methyl/N-ethyl adjacent to an activating group) is 1. The van der Waals surface area contributed by atoms with Crippen molar-refractivity contribution in [3.63, 3.8) is 0 Å². The largest absolute Gasteiger partial charge is 0.488 e. The van der Waals surface area contributed by atoms with Gasteiger partial charge in [-0.25, -0.2) is 0 Å². The van der Waals surface area contributed by atoms with Gasteiger partial charge in [-0.05, 0) is 63.4 Å². The number of benzene rings is 1. The molecule has 0 radical (unpaired) electrons. The fraction of sp³-hybridized carbons (Fsp3) is 0.176. The van der Waals surface area contributed by atoms with Gasteiger partial charge < -0.3 is 4.74 Å². The molecule has 1 aliphatic heterocycles. The first-order chi connectivity index (χ1) is 11.0. The predicted octanol–water partition coefficient (Wildman–Crippen LogP) is 4.41. The summed E-state index contributed by atoms with van der Waals surface area (Å²) < 4.78 is 6.46. The molecule has 2 rings (SSSR count). The quantitative estimate of drug-likeness (QED) is 0.530. The van der Waals surface area contributed by atoms with Crippen molar-refractivity contribution in [2.45, 2.75) is 6.42 Å². The summed E-state index contributed by atoms with van der Waals surface area (Å²) in [4.78, 5) is 25.1. The van der Waals surface area contributed by atoms with Gasteiger partial charge in [0.2, 0.25) is 0 Å². The molecule has 1 aliphatic rings. The standard InChI is InChI=1S/C17H16BrNO3S/c1-4-6-12-8-11(9-13(18)15(12)22-7-5-2)10-14-16(20)19(3)17(21)23-14/h4-5,8-10H,1-2,6-7H2,3H3/b14-10-. The Morgan fingerprint density at radius 3 is 2.61 bits per heavy atom. The fourth-order valence-electron chi connectivity index (χ4n) is 2.06. The van der Waals surface area contributed by atoms with E-state index in [0.29, 0.717) is 17.9 Å². The third kappa shape index (κ3) is 3.95. The van der Waals surface area contributed by atoms with Crippen LogP contribution >= 0.6 is 27.7 Å². The van der Waals surface area contributed by atoms with Gasteiger partial charge in [0.25, 0.3) is 11.1 Å². The lowest BCUT2D eigenvalue weighted by atomic mass is 10.1. The van der Waals surface area contributed by atoms with Crippen molar-refractivity contribution in [3.8, 4) is 5.75 Å². The highest BCUT2D eigenvalue weighted by Gasteiger charge is 2.31. The summed E-state index contributed by atoms with van der Waals surface area (Å²) in [7, 11) is 1.48. The zero-order valence-corrected chi connectivity index (χ0v) is 15.1. The van der Waals surface area contributed by atoms with E-state index in [0.717, 1.165) is 38.0 Å². The molecule has 0 aliphatic carbocycles. The zero-order valence-electron chi connectivity index (χ0n) is 12.7. The summed E-state index contributed by atoms with van der Waals surface area (Å²) in [6.45, 7) is 7.80. The number of allylic oxidation sites excluding steroid dienone is 1. The molecule has 23 heavy (non-hydrogen) atoms. The Kier molecular flexibility index (Phi) is 5.85. The van der Waals surface area contributed by atoms with Crippen LogP contribution in [0.4, 0.5) is 4.79 Å². The number of rotatable bonds is 6. The molecule has 120 valence electrons. The molecule has 1 fully saturated rings. The molecule has 1 heterocycles. The lowest BCUT2D eigenvalue weighted by Crippen LogP contribution is -2.22. The molecular weight excluding hydrogens is 378 g/mol. The molecule has 0 atom stereocenters. The van der Waals surface area contributed by atoms with Gasteiger partial charge in [-0.15, -0.1) is 6.58 Å². The number of amides is 2. The van der Waals surface area contributed by atoms with Crippen molar-refractivity contribution < 1.29 is 14.3 Å². The minimum atomic E-state index is -0.284. The minimum Gasteiger partial charge on any atom is -0.488 e. The molecule has 4 nitrogen and oxygen atoms in total. The second-order valence-corrected chi connectivity index (χ2v) is 6.67. The molecule has 0 N–H and O–H groups in total. The third-order valence-electron chi connectivity index (χ3n) is 3.14. The van der Waals surface area contributed by atoms with E-state index >= 15 is 0 Å². The van der Waals surface area contributed by atoms with Crippen molar-refractivity contribution in [3.05, 3.63) is 57.9 Å². The van der Waals surface area contributed by atoms with Crippen LogP contribution in [-0.2, 0) is 11.2 Å². The molecule has 1 saturated heterocycles. The average molecular weight is 394 g/mol. The van der Waals surface area contributed by atoms with E-state index < -0.39 is 0 Å². The number of nitrogens with zero attached hydrogens (tertiary/aromatic N) is 1. The number of carbonyl (C=O) groups is 2. The molecule has 1 aromatic carbocycles. The zero-order chi connectivity index (χ0) is 17.0. The van der Waals surface area contributed by atoms with E-state index in [2.05, 4.69) is 29.1 Å². The van der Waals surface area contributed by atoms with Crippen molar-refractivity contribution in [2.24, 2.45) is 0 Å². The SMILES string of the molecule is C=CCOc1c(Br)cc(/C=C2\SC(=O)N(C)C2=O)cc1CC=C. The Morgan fingerprint density at radius 1 is 1.30 bits per heavy atom. The normalized spacial score (nSPS) is 16.1. The molecule has 0 spiro atoms. The van der Waals surface area contributed by atoms with Crippen LogP contribution in [0.15, 0.2) is 46.8 Å². The monoisotopic (exact) mass is 393 g/mol. The van der Waals surface area contributed by atoms with Gasteiger partial charge >= 0.3 is 0 Å². The highest BCUT2D eigenvalue weighted by molar-refractivity contribution is 9.10. The summed E-state index contributed by atoms with van der Waals surface area (Å²) in [6.07, 6.45) is 5.80. The summed E-state index contributed by atoms with van der Waals surface area (Å²) in [5.41, 5.74) is 1.76. The first-order valence-electron chi connectivity index (χ1n) is 6.86. The molecule has 0 saturated carbocycles. The maximum absolute atomic E-state index is 12.0. The van der Waals surface area contributed by atoms with E-state index in [9.17, 15) is 9.59 Å². The first kappa shape index (κ1) is 17.6. The van der Waals surface area contributed by atoms with Crippen molar-refractivity contribution in [2.75, 3.05) is 13.7 Å². The van der Waals surface area contributed by atoms with Crippen LogP contribution in [-0.4, -0.2) is 29.7 Å². The first-order valence-corrected chi connectivity index (χ1v) is 8.47. The second-order valence-electron chi connectivity index (χ2n) is 4.82. The van der Waals surface area contributed by atoms with Gasteiger partial charge in [0.15, 0.2) is 0 Å². The summed E-state index contributed by atoms with van der Waals surface area (Å²) in [5, 5.41) is -0.266. The van der Waals surface area contributed by atoms with Gasteiger partial charge in [0.05, 0.1) is 9.38 Å². The van der Waals surface area contributed by atoms with E-state index in [1.54, 1.807) is 18.2 Å². The van der Waals surface area contributed by atoms with Crippen molar-refractivity contribution in [1.82, 2.24) is 4.90 Å².